The lowest BCUT2D eigenvalue weighted by Gasteiger charge is -2.18. The molecule has 0 radical (unpaired) electrons. The molecule has 0 aromatic carbocycles. The summed E-state index contributed by atoms with van der Waals surface area (Å²) in [5.74, 6) is 0.372. The highest BCUT2D eigenvalue weighted by Gasteiger charge is 2.41. The predicted octanol–water partition coefficient (Wildman–Crippen LogP) is 3.13. The standard InChI is InChI=1S/C19H24N2O6/c1-2-3-4-7-16(22)13-9-17(27-10-13)21-15(18(23)20-19(21)24)12-25-11-14-6-5-8-26-14/h5-6,8-10,15-16,22H,2-4,7,11-12H2,1H3,(H,20,23,24). The van der Waals surface area contributed by atoms with Crippen LogP contribution in [0.2, 0.25) is 0 Å². The van der Waals surface area contributed by atoms with Gasteiger partial charge in [0.1, 0.15) is 18.4 Å². The van der Waals surface area contributed by atoms with E-state index in [0.29, 0.717) is 17.7 Å². The van der Waals surface area contributed by atoms with Crippen molar-refractivity contribution in [1.29, 1.82) is 0 Å². The molecular formula is C19H24N2O6. The van der Waals surface area contributed by atoms with Crippen LogP contribution in [0.3, 0.4) is 0 Å². The number of hydrogen-bond donors (Lipinski definition) is 2. The number of ether oxygens (including phenoxy) is 1. The van der Waals surface area contributed by atoms with Crippen LogP contribution >= 0.6 is 0 Å². The van der Waals surface area contributed by atoms with Gasteiger partial charge in [-0.3, -0.25) is 10.1 Å². The maximum absolute atomic E-state index is 12.2. The van der Waals surface area contributed by atoms with Gasteiger partial charge in [-0.2, -0.15) is 0 Å². The van der Waals surface area contributed by atoms with E-state index < -0.39 is 24.1 Å². The van der Waals surface area contributed by atoms with Gasteiger partial charge in [0.2, 0.25) is 5.88 Å². The Morgan fingerprint density at radius 3 is 2.93 bits per heavy atom. The molecular weight excluding hydrogens is 352 g/mol. The minimum Gasteiger partial charge on any atom is -0.467 e. The fraction of sp³-hybridized carbons (Fsp3) is 0.474. The highest BCUT2D eigenvalue weighted by atomic mass is 16.5. The molecule has 0 spiro atoms. The fourth-order valence-electron chi connectivity index (χ4n) is 2.97. The quantitative estimate of drug-likeness (QED) is 0.487. The zero-order valence-electron chi connectivity index (χ0n) is 15.2. The third-order valence-electron chi connectivity index (χ3n) is 4.47. The summed E-state index contributed by atoms with van der Waals surface area (Å²) in [6.45, 7) is 2.28. The van der Waals surface area contributed by atoms with Gasteiger partial charge in [0.05, 0.1) is 25.2 Å². The van der Waals surface area contributed by atoms with Gasteiger partial charge in [-0.1, -0.05) is 26.2 Å². The zero-order valence-corrected chi connectivity index (χ0v) is 15.2. The molecule has 1 aliphatic rings. The first kappa shape index (κ1) is 19.2. The summed E-state index contributed by atoms with van der Waals surface area (Å²) < 4.78 is 16.1. The van der Waals surface area contributed by atoms with Crippen LogP contribution in [0.5, 0.6) is 0 Å². The van der Waals surface area contributed by atoms with Crippen molar-refractivity contribution >= 4 is 17.8 Å². The molecule has 1 fully saturated rings. The zero-order chi connectivity index (χ0) is 19.2. The Morgan fingerprint density at radius 2 is 2.19 bits per heavy atom. The van der Waals surface area contributed by atoms with E-state index >= 15 is 0 Å². The van der Waals surface area contributed by atoms with Gasteiger partial charge in [-0.05, 0) is 18.6 Å². The Bertz CT molecular complexity index is 754. The van der Waals surface area contributed by atoms with Gasteiger partial charge in [0.25, 0.3) is 5.91 Å². The fourth-order valence-corrected chi connectivity index (χ4v) is 2.97. The van der Waals surface area contributed by atoms with Crippen molar-refractivity contribution in [2.45, 2.75) is 51.4 Å². The molecule has 3 heterocycles. The van der Waals surface area contributed by atoms with Gasteiger partial charge >= 0.3 is 6.03 Å². The summed E-state index contributed by atoms with van der Waals surface area (Å²) in [5.41, 5.74) is 0.587. The van der Waals surface area contributed by atoms with Crippen LogP contribution in [-0.4, -0.2) is 29.7 Å². The van der Waals surface area contributed by atoms with Crippen molar-refractivity contribution in [2.24, 2.45) is 0 Å². The van der Waals surface area contributed by atoms with Crippen molar-refractivity contribution in [3.05, 3.63) is 42.0 Å². The van der Waals surface area contributed by atoms with E-state index in [0.717, 1.165) is 19.3 Å². The van der Waals surface area contributed by atoms with E-state index in [-0.39, 0.29) is 19.1 Å². The summed E-state index contributed by atoms with van der Waals surface area (Å²) >= 11 is 0. The first-order valence-electron chi connectivity index (χ1n) is 9.10. The third-order valence-corrected chi connectivity index (χ3v) is 4.47. The summed E-state index contributed by atoms with van der Waals surface area (Å²) in [7, 11) is 0. The molecule has 3 amide bonds. The number of aliphatic hydroxyl groups is 1. The van der Waals surface area contributed by atoms with E-state index in [2.05, 4.69) is 12.2 Å². The number of urea groups is 1. The first-order valence-corrected chi connectivity index (χ1v) is 9.10. The molecule has 1 saturated heterocycles. The number of rotatable bonds is 10. The first-order chi connectivity index (χ1) is 13.1. The molecule has 3 rings (SSSR count). The van der Waals surface area contributed by atoms with E-state index in [1.807, 2.05) is 0 Å². The molecule has 1 aliphatic heterocycles. The van der Waals surface area contributed by atoms with E-state index in [4.69, 9.17) is 13.6 Å². The number of aliphatic hydroxyl groups excluding tert-OH is 1. The molecule has 146 valence electrons. The monoisotopic (exact) mass is 376 g/mol. The van der Waals surface area contributed by atoms with Crippen LogP contribution in [-0.2, 0) is 16.1 Å². The van der Waals surface area contributed by atoms with Crippen LogP contribution in [0.15, 0.2) is 39.6 Å². The lowest BCUT2D eigenvalue weighted by molar-refractivity contribution is -0.121. The second-order valence-corrected chi connectivity index (χ2v) is 6.50. The molecule has 8 heteroatoms. The number of anilines is 1. The Labute approximate surface area is 157 Å². The number of nitrogens with zero attached hydrogens (tertiary/aromatic N) is 1. The number of nitrogens with one attached hydrogen (secondary N) is 1. The highest BCUT2D eigenvalue weighted by Crippen LogP contribution is 2.29. The van der Waals surface area contributed by atoms with Gasteiger partial charge in [-0.25, -0.2) is 9.69 Å². The predicted molar refractivity (Wildman–Crippen MR) is 96.0 cm³/mol. The normalized spacial score (nSPS) is 18.1. The Hall–Kier alpha value is -2.58. The average Bonchev–Trinajstić information content (AvgIpc) is 3.37. The van der Waals surface area contributed by atoms with Crippen molar-refractivity contribution in [3.8, 4) is 0 Å². The van der Waals surface area contributed by atoms with Crippen LogP contribution in [0.1, 0.15) is 50.0 Å². The number of unbranched alkanes of at least 4 members (excludes halogenated alkanes) is 2. The molecule has 2 aromatic rings. The molecule has 0 bridgehead atoms. The molecule has 0 saturated carbocycles. The smallest absolute Gasteiger partial charge is 0.331 e. The topological polar surface area (TPSA) is 105 Å². The van der Waals surface area contributed by atoms with E-state index in [9.17, 15) is 14.7 Å². The summed E-state index contributed by atoms with van der Waals surface area (Å²) in [6, 6.07) is 3.68. The Morgan fingerprint density at radius 1 is 1.33 bits per heavy atom. The van der Waals surface area contributed by atoms with Crippen molar-refractivity contribution in [1.82, 2.24) is 5.32 Å². The minimum atomic E-state index is -0.844. The van der Waals surface area contributed by atoms with Crippen molar-refractivity contribution < 1.29 is 28.3 Å². The second kappa shape index (κ2) is 8.88. The molecule has 2 aromatic heterocycles. The van der Waals surface area contributed by atoms with E-state index in [1.165, 1.54) is 17.4 Å². The van der Waals surface area contributed by atoms with Crippen LogP contribution in [0.4, 0.5) is 10.7 Å². The highest BCUT2D eigenvalue weighted by molar-refractivity contribution is 6.13. The molecule has 8 nitrogen and oxygen atoms in total. The second-order valence-electron chi connectivity index (χ2n) is 6.50. The minimum absolute atomic E-state index is 0.00659. The molecule has 27 heavy (non-hydrogen) atoms. The van der Waals surface area contributed by atoms with Crippen LogP contribution < -0.4 is 10.2 Å². The third kappa shape index (κ3) is 4.58. The number of furan rings is 2. The number of hydrogen-bond acceptors (Lipinski definition) is 6. The lowest BCUT2D eigenvalue weighted by atomic mass is 10.1. The number of carbonyl (C=O) groups excluding carboxylic acids is 2. The summed E-state index contributed by atoms with van der Waals surface area (Å²) in [4.78, 5) is 25.5. The maximum Gasteiger partial charge on any atom is 0.331 e. The summed E-state index contributed by atoms with van der Waals surface area (Å²) in [6.07, 6.45) is 5.93. The Kier molecular flexibility index (Phi) is 6.31. The largest absolute Gasteiger partial charge is 0.467 e. The van der Waals surface area contributed by atoms with E-state index in [1.54, 1.807) is 18.2 Å². The molecule has 2 N–H and O–H groups in total. The summed E-state index contributed by atoms with van der Waals surface area (Å²) in [5, 5.41) is 12.5. The maximum atomic E-state index is 12.2. The molecule has 2 unspecified atom stereocenters. The van der Waals surface area contributed by atoms with Gasteiger partial charge in [0, 0.05) is 11.6 Å². The number of imide groups is 1. The van der Waals surface area contributed by atoms with Crippen molar-refractivity contribution in [2.75, 3.05) is 11.5 Å². The molecule has 2 atom stereocenters. The lowest BCUT2D eigenvalue weighted by Crippen LogP contribution is -2.38. The van der Waals surface area contributed by atoms with Crippen molar-refractivity contribution in [3.63, 3.8) is 0 Å². The van der Waals surface area contributed by atoms with Crippen LogP contribution in [0, 0.1) is 0 Å². The van der Waals surface area contributed by atoms with Gasteiger partial charge in [-0.15, -0.1) is 0 Å². The van der Waals surface area contributed by atoms with Crippen LogP contribution in [0.25, 0.3) is 0 Å². The molecule has 0 aliphatic carbocycles. The Balaban J connectivity index is 1.63. The van der Waals surface area contributed by atoms with Gasteiger partial charge < -0.3 is 18.7 Å². The number of carbonyl (C=O) groups is 2. The SMILES string of the molecule is CCCCCC(O)c1coc(N2C(=O)NC(=O)C2COCc2ccco2)c1. The number of amides is 3. The van der Waals surface area contributed by atoms with Gasteiger partial charge in [0.15, 0.2) is 0 Å². The average molecular weight is 376 g/mol.